The second-order valence-electron chi connectivity index (χ2n) is 6.43. The van der Waals surface area contributed by atoms with Crippen molar-refractivity contribution in [3.05, 3.63) is 53.3 Å². The Morgan fingerprint density at radius 2 is 1.96 bits per heavy atom. The molecule has 1 saturated heterocycles. The molecule has 1 unspecified atom stereocenters. The lowest BCUT2D eigenvalue weighted by molar-refractivity contribution is 0.0948. The predicted molar refractivity (Wildman–Crippen MR) is 94.3 cm³/mol. The Balaban J connectivity index is 1.74. The predicted octanol–water partition coefficient (Wildman–Crippen LogP) is 2.26. The molecule has 0 bridgehead atoms. The van der Waals surface area contributed by atoms with Crippen molar-refractivity contribution >= 4 is 15.7 Å². The van der Waals surface area contributed by atoms with E-state index in [2.05, 4.69) is 9.88 Å². The van der Waals surface area contributed by atoms with E-state index in [0.717, 1.165) is 17.1 Å². The highest BCUT2D eigenvalue weighted by Gasteiger charge is 2.28. The molecular formula is C18H22N2O3S. The fourth-order valence-corrected chi connectivity index (χ4v) is 5.19. The highest BCUT2D eigenvalue weighted by molar-refractivity contribution is 7.91. The van der Waals surface area contributed by atoms with Gasteiger partial charge in [0.05, 0.1) is 17.1 Å². The van der Waals surface area contributed by atoms with Crippen molar-refractivity contribution in [2.75, 3.05) is 18.1 Å². The minimum Gasteiger partial charge on any atom is -0.352 e. The zero-order valence-corrected chi connectivity index (χ0v) is 14.8. The van der Waals surface area contributed by atoms with Crippen molar-refractivity contribution in [3.63, 3.8) is 0 Å². The van der Waals surface area contributed by atoms with Crippen molar-refractivity contribution in [1.29, 1.82) is 0 Å². The van der Waals surface area contributed by atoms with Crippen LogP contribution in [0.5, 0.6) is 0 Å². The maximum absolute atomic E-state index is 12.5. The van der Waals surface area contributed by atoms with Crippen molar-refractivity contribution in [2.24, 2.45) is 5.92 Å². The first kappa shape index (κ1) is 16.8. The number of aryl methyl sites for hydroxylation is 1. The van der Waals surface area contributed by atoms with Gasteiger partial charge in [-0.2, -0.15) is 0 Å². The molecule has 1 fully saturated rings. The second-order valence-corrected chi connectivity index (χ2v) is 8.66. The number of para-hydroxylation sites is 1. The number of carbonyl (C=O) groups excluding carboxylic acids is 1. The molecule has 24 heavy (non-hydrogen) atoms. The van der Waals surface area contributed by atoms with Gasteiger partial charge < -0.3 is 9.88 Å². The molecule has 1 amide bonds. The SMILES string of the molecule is Cc1cc(C(=O)NCC2CCS(=O)(=O)C2)c(C)n1-c1ccccc1. The van der Waals surface area contributed by atoms with Crippen LogP contribution in [0.15, 0.2) is 36.4 Å². The quantitative estimate of drug-likeness (QED) is 0.923. The summed E-state index contributed by atoms with van der Waals surface area (Å²) in [7, 11) is -2.91. The first-order valence-electron chi connectivity index (χ1n) is 8.10. The Morgan fingerprint density at radius 1 is 1.25 bits per heavy atom. The largest absolute Gasteiger partial charge is 0.352 e. The molecule has 1 aromatic carbocycles. The van der Waals surface area contributed by atoms with Crippen LogP contribution in [-0.4, -0.2) is 36.9 Å². The fourth-order valence-electron chi connectivity index (χ4n) is 3.33. The Morgan fingerprint density at radius 3 is 2.58 bits per heavy atom. The fraction of sp³-hybridized carbons (Fsp3) is 0.389. The van der Waals surface area contributed by atoms with Gasteiger partial charge in [-0.3, -0.25) is 4.79 Å². The van der Waals surface area contributed by atoms with Gasteiger partial charge in [0.25, 0.3) is 5.91 Å². The molecule has 5 nitrogen and oxygen atoms in total. The number of hydrogen-bond acceptors (Lipinski definition) is 3. The number of benzene rings is 1. The molecule has 2 aromatic rings. The van der Waals surface area contributed by atoms with E-state index in [-0.39, 0.29) is 23.3 Å². The van der Waals surface area contributed by atoms with Crippen molar-refractivity contribution in [2.45, 2.75) is 20.3 Å². The van der Waals surface area contributed by atoms with Crippen LogP contribution >= 0.6 is 0 Å². The zero-order valence-electron chi connectivity index (χ0n) is 14.0. The normalized spacial score (nSPS) is 19.3. The molecule has 0 aliphatic carbocycles. The molecule has 1 aromatic heterocycles. The summed E-state index contributed by atoms with van der Waals surface area (Å²) < 4.78 is 25.0. The molecule has 0 radical (unpaired) electrons. The van der Waals surface area contributed by atoms with Crippen molar-refractivity contribution < 1.29 is 13.2 Å². The minimum absolute atomic E-state index is 0.0246. The van der Waals surface area contributed by atoms with Gasteiger partial charge in [-0.15, -0.1) is 0 Å². The number of rotatable bonds is 4. The summed E-state index contributed by atoms with van der Waals surface area (Å²) >= 11 is 0. The number of carbonyl (C=O) groups is 1. The van der Waals surface area contributed by atoms with E-state index in [1.165, 1.54) is 0 Å². The van der Waals surface area contributed by atoms with Crippen LogP contribution in [0.1, 0.15) is 28.2 Å². The average molecular weight is 346 g/mol. The number of sulfone groups is 1. The smallest absolute Gasteiger partial charge is 0.253 e. The lowest BCUT2D eigenvalue weighted by atomic mass is 10.1. The maximum Gasteiger partial charge on any atom is 0.253 e. The summed E-state index contributed by atoms with van der Waals surface area (Å²) in [5, 5.41) is 2.89. The summed E-state index contributed by atoms with van der Waals surface area (Å²) in [5.41, 5.74) is 3.54. The van der Waals surface area contributed by atoms with E-state index in [0.29, 0.717) is 18.5 Å². The topological polar surface area (TPSA) is 68.2 Å². The van der Waals surface area contributed by atoms with Crippen LogP contribution in [0, 0.1) is 19.8 Å². The van der Waals surface area contributed by atoms with Crippen LogP contribution in [0.3, 0.4) is 0 Å². The van der Waals surface area contributed by atoms with Gasteiger partial charge in [0, 0.05) is 23.6 Å². The van der Waals surface area contributed by atoms with Crippen LogP contribution in [0.4, 0.5) is 0 Å². The van der Waals surface area contributed by atoms with Crippen LogP contribution in [0.25, 0.3) is 5.69 Å². The standard InChI is InChI=1S/C18H22N2O3S/c1-13-10-17(14(2)20(13)16-6-4-3-5-7-16)18(21)19-11-15-8-9-24(22,23)12-15/h3-7,10,15H,8-9,11-12H2,1-2H3,(H,19,21). The molecule has 1 aliphatic rings. The molecule has 0 spiro atoms. The molecule has 1 atom stereocenters. The Kier molecular flexibility index (Phi) is 4.49. The number of hydrogen-bond donors (Lipinski definition) is 1. The Bertz CT molecular complexity index is 854. The monoisotopic (exact) mass is 346 g/mol. The van der Waals surface area contributed by atoms with Gasteiger partial charge >= 0.3 is 0 Å². The van der Waals surface area contributed by atoms with Gasteiger partial charge in [0.1, 0.15) is 0 Å². The molecule has 3 rings (SSSR count). The first-order chi connectivity index (χ1) is 11.4. The molecular weight excluding hydrogens is 324 g/mol. The molecule has 0 saturated carbocycles. The van der Waals surface area contributed by atoms with Crippen molar-refractivity contribution in [1.82, 2.24) is 9.88 Å². The Labute approximate surface area is 142 Å². The zero-order chi connectivity index (χ0) is 17.3. The summed E-state index contributed by atoms with van der Waals surface area (Å²) in [6, 6.07) is 11.8. The summed E-state index contributed by atoms with van der Waals surface area (Å²) in [6.45, 7) is 4.31. The third-order valence-corrected chi connectivity index (χ3v) is 6.41. The number of amides is 1. The third kappa shape index (κ3) is 3.38. The highest BCUT2D eigenvalue weighted by Crippen LogP contribution is 2.21. The molecule has 2 heterocycles. The molecule has 128 valence electrons. The van der Waals surface area contributed by atoms with E-state index in [1.54, 1.807) is 0 Å². The van der Waals surface area contributed by atoms with Crippen LogP contribution in [-0.2, 0) is 9.84 Å². The second kappa shape index (κ2) is 6.43. The summed E-state index contributed by atoms with van der Waals surface area (Å²) in [5.74, 6) is 0.290. The van der Waals surface area contributed by atoms with Gasteiger partial charge in [-0.05, 0) is 44.4 Å². The van der Waals surface area contributed by atoms with Crippen LogP contribution < -0.4 is 5.32 Å². The third-order valence-electron chi connectivity index (χ3n) is 4.57. The van der Waals surface area contributed by atoms with Gasteiger partial charge in [-0.25, -0.2) is 8.42 Å². The first-order valence-corrected chi connectivity index (χ1v) is 9.92. The minimum atomic E-state index is -2.91. The average Bonchev–Trinajstić information content (AvgIpc) is 3.05. The van der Waals surface area contributed by atoms with E-state index < -0.39 is 9.84 Å². The lowest BCUT2D eigenvalue weighted by Gasteiger charge is -2.11. The van der Waals surface area contributed by atoms with Crippen LogP contribution in [0.2, 0.25) is 0 Å². The van der Waals surface area contributed by atoms with Crippen molar-refractivity contribution in [3.8, 4) is 5.69 Å². The highest BCUT2D eigenvalue weighted by atomic mass is 32.2. The van der Waals surface area contributed by atoms with E-state index in [4.69, 9.17) is 0 Å². The van der Waals surface area contributed by atoms with Gasteiger partial charge in [0.15, 0.2) is 9.84 Å². The molecule has 1 N–H and O–H groups in total. The maximum atomic E-state index is 12.5. The molecule has 1 aliphatic heterocycles. The Hall–Kier alpha value is -2.08. The van der Waals surface area contributed by atoms with E-state index in [1.807, 2.05) is 50.2 Å². The lowest BCUT2D eigenvalue weighted by Crippen LogP contribution is -2.30. The van der Waals surface area contributed by atoms with Gasteiger partial charge in [-0.1, -0.05) is 18.2 Å². The van der Waals surface area contributed by atoms with E-state index >= 15 is 0 Å². The summed E-state index contributed by atoms with van der Waals surface area (Å²) in [4.78, 5) is 12.5. The number of nitrogens with one attached hydrogen (secondary N) is 1. The van der Waals surface area contributed by atoms with Gasteiger partial charge in [0.2, 0.25) is 0 Å². The number of nitrogens with zero attached hydrogens (tertiary/aromatic N) is 1. The number of aromatic nitrogens is 1. The summed E-state index contributed by atoms with van der Waals surface area (Å²) in [6.07, 6.45) is 0.631. The van der Waals surface area contributed by atoms with E-state index in [9.17, 15) is 13.2 Å². The molecule has 6 heteroatoms.